The molecule has 2 aromatic heterocycles. The van der Waals surface area contributed by atoms with Crippen molar-refractivity contribution in [3.8, 4) is 0 Å². The van der Waals surface area contributed by atoms with Crippen LogP contribution in [0.2, 0.25) is 5.15 Å². The highest BCUT2D eigenvalue weighted by atomic mass is 35.5. The second kappa shape index (κ2) is 4.67. The Labute approximate surface area is 103 Å². The Balaban J connectivity index is 2.27. The van der Waals surface area contributed by atoms with Gasteiger partial charge in [0.15, 0.2) is 0 Å². The largest absolute Gasteiger partial charge is 0.469 e. The van der Waals surface area contributed by atoms with Crippen molar-refractivity contribution in [2.24, 2.45) is 0 Å². The Morgan fingerprint density at radius 2 is 2.29 bits per heavy atom. The van der Waals surface area contributed by atoms with Crippen LogP contribution in [0.4, 0.5) is 0 Å². The number of methoxy groups -OCH3 is 1. The molecule has 2 aromatic rings. The molecule has 6 nitrogen and oxygen atoms in total. The van der Waals surface area contributed by atoms with Crippen LogP contribution in [-0.4, -0.2) is 32.7 Å². The van der Waals surface area contributed by atoms with Gasteiger partial charge in [-0.05, 0) is 13.0 Å². The lowest BCUT2D eigenvalue weighted by molar-refractivity contribution is -0.140. The first kappa shape index (κ1) is 11.8. The molecule has 0 amide bonds. The second-order valence-corrected chi connectivity index (χ2v) is 3.90. The van der Waals surface area contributed by atoms with Gasteiger partial charge in [0.05, 0.1) is 13.5 Å². The van der Waals surface area contributed by atoms with Crippen LogP contribution in [0.5, 0.6) is 0 Å². The highest BCUT2D eigenvalue weighted by Crippen LogP contribution is 2.13. The minimum atomic E-state index is -0.277. The molecule has 0 spiro atoms. The molecule has 0 radical (unpaired) electrons. The molecule has 2 rings (SSSR count). The van der Waals surface area contributed by atoms with Gasteiger partial charge in [0.2, 0.25) is 0 Å². The summed E-state index contributed by atoms with van der Waals surface area (Å²) in [5.74, 6) is 0.764. The van der Waals surface area contributed by atoms with E-state index in [9.17, 15) is 4.79 Å². The van der Waals surface area contributed by atoms with E-state index in [4.69, 9.17) is 11.6 Å². The fraction of sp³-hybridized carbons (Fsp3) is 0.400. The van der Waals surface area contributed by atoms with Crippen LogP contribution < -0.4 is 0 Å². The number of nitrogens with zero attached hydrogens (tertiary/aromatic N) is 4. The summed E-state index contributed by atoms with van der Waals surface area (Å²) in [6.07, 6.45) is 0.734. The highest BCUT2D eigenvalue weighted by molar-refractivity contribution is 6.29. The number of aryl methyl sites for hydroxylation is 2. The van der Waals surface area contributed by atoms with Gasteiger partial charge in [0.1, 0.15) is 11.0 Å². The standard InChI is InChI=1S/C10H11ClN4O2/c1-6-12-10-13-7(3-4-9(16)17-2)5-8(11)15(10)14-6/h5H,3-4H2,1-2H3. The molecule has 0 unspecified atom stereocenters. The van der Waals surface area contributed by atoms with E-state index in [2.05, 4.69) is 19.8 Å². The molecule has 0 bridgehead atoms. The first-order valence-corrected chi connectivity index (χ1v) is 5.43. The molecular formula is C10H11ClN4O2. The molecule has 0 aliphatic heterocycles. The summed E-state index contributed by atoms with van der Waals surface area (Å²) in [7, 11) is 1.35. The lowest BCUT2D eigenvalue weighted by Gasteiger charge is -2.01. The SMILES string of the molecule is COC(=O)CCc1cc(Cl)n2nc(C)nc2n1. The van der Waals surface area contributed by atoms with E-state index in [0.717, 1.165) is 0 Å². The maximum atomic E-state index is 11.0. The van der Waals surface area contributed by atoms with E-state index < -0.39 is 0 Å². The average Bonchev–Trinajstić information content (AvgIpc) is 2.67. The minimum Gasteiger partial charge on any atom is -0.469 e. The van der Waals surface area contributed by atoms with Crippen LogP contribution >= 0.6 is 11.6 Å². The van der Waals surface area contributed by atoms with E-state index in [-0.39, 0.29) is 12.4 Å². The van der Waals surface area contributed by atoms with Crippen LogP contribution in [0.25, 0.3) is 5.78 Å². The van der Waals surface area contributed by atoms with Crippen molar-refractivity contribution in [3.63, 3.8) is 0 Å². The van der Waals surface area contributed by atoms with Gasteiger partial charge in [-0.1, -0.05) is 11.6 Å². The molecule has 0 fully saturated rings. The third-order valence-corrected chi connectivity index (χ3v) is 2.51. The minimum absolute atomic E-state index is 0.267. The monoisotopic (exact) mass is 254 g/mol. The van der Waals surface area contributed by atoms with Crippen molar-refractivity contribution in [1.29, 1.82) is 0 Å². The molecule has 2 heterocycles. The van der Waals surface area contributed by atoms with E-state index >= 15 is 0 Å². The zero-order valence-electron chi connectivity index (χ0n) is 9.47. The number of fused-ring (bicyclic) bond motifs is 1. The van der Waals surface area contributed by atoms with Crippen molar-refractivity contribution < 1.29 is 9.53 Å². The van der Waals surface area contributed by atoms with E-state index in [1.54, 1.807) is 13.0 Å². The highest BCUT2D eigenvalue weighted by Gasteiger charge is 2.09. The number of carbonyl (C=O) groups is 1. The van der Waals surface area contributed by atoms with Gasteiger partial charge in [-0.3, -0.25) is 4.79 Å². The predicted octanol–water partition coefficient (Wildman–Crippen LogP) is 1.19. The van der Waals surface area contributed by atoms with Gasteiger partial charge >= 0.3 is 5.97 Å². The zero-order chi connectivity index (χ0) is 12.4. The molecule has 17 heavy (non-hydrogen) atoms. The number of hydrogen-bond donors (Lipinski definition) is 0. The molecule has 0 aliphatic carbocycles. The van der Waals surface area contributed by atoms with Crippen LogP contribution in [-0.2, 0) is 16.0 Å². The quantitative estimate of drug-likeness (QED) is 0.608. The summed E-state index contributed by atoms with van der Waals surface area (Å²) < 4.78 is 6.02. The molecule has 0 aromatic carbocycles. The van der Waals surface area contributed by atoms with Crippen molar-refractivity contribution in [2.75, 3.05) is 7.11 Å². The van der Waals surface area contributed by atoms with Crippen LogP contribution in [0.3, 0.4) is 0 Å². The van der Waals surface area contributed by atoms with Crippen LogP contribution in [0.15, 0.2) is 6.07 Å². The number of rotatable bonds is 3. The smallest absolute Gasteiger partial charge is 0.305 e. The number of carbonyl (C=O) groups excluding carboxylic acids is 1. The molecule has 0 atom stereocenters. The second-order valence-electron chi connectivity index (χ2n) is 3.52. The third kappa shape index (κ3) is 2.52. The van der Waals surface area contributed by atoms with Crippen molar-refractivity contribution in [1.82, 2.24) is 19.6 Å². The number of ether oxygens (including phenoxy) is 1. The average molecular weight is 255 g/mol. The van der Waals surface area contributed by atoms with Crippen LogP contribution in [0.1, 0.15) is 17.9 Å². The molecule has 0 N–H and O–H groups in total. The van der Waals surface area contributed by atoms with Gasteiger partial charge in [-0.25, -0.2) is 4.98 Å². The molecular weight excluding hydrogens is 244 g/mol. The number of aromatic nitrogens is 4. The van der Waals surface area contributed by atoms with E-state index in [1.807, 2.05) is 0 Å². The lowest BCUT2D eigenvalue weighted by Crippen LogP contribution is -2.04. The summed E-state index contributed by atoms with van der Waals surface area (Å²) in [6, 6.07) is 1.67. The molecule has 90 valence electrons. The fourth-order valence-corrected chi connectivity index (χ4v) is 1.68. The van der Waals surface area contributed by atoms with Crippen molar-refractivity contribution in [2.45, 2.75) is 19.8 Å². The number of esters is 1. The number of hydrogen-bond acceptors (Lipinski definition) is 5. The molecule has 7 heteroatoms. The Bertz CT molecular complexity index is 567. The maximum Gasteiger partial charge on any atom is 0.305 e. The van der Waals surface area contributed by atoms with Gasteiger partial charge in [0.25, 0.3) is 5.78 Å². The summed E-state index contributed by atoms with van der Waals surface area (Å²) >= 11 is 6.03. The summed E-state index contributed by atoms with van der Waals surface area (Å²) in [6.45, 7) is 1.76. The summed E-state index contributed by atoms with van der Waals surface area (Å²) in [5, 5.41) is 4.51. The molecule has 0 aliphatic rings. The van der Waals surface area contributed by atoms with E-state index in [1.165, 1.54) is 11.6 Å². The molecule has 0 saturated carbocycles. The Kier molecular flexibility index (Phi) is 3.23. The van der Waals surface area contributed by atoms with Crippen LogP contribution in [0, 0.1) is 6.92 Å². The Morgan fingerprint density at radius 1 is 1.53 bits per heavy atom. The predicted molar refractivity (Wildman–Crippen MR) is 60.9 cm³/mol. The lowest BCUT2D eigenvalue weighted by atomic mass is 10.2. The first-order valence-electron chi connectivity index (χ1n) is 5.06. The summed E-state index contributed by atoms with van der Waals surface area (Å²) in [4.78, 5) is 19.4. The topological polar surface area (TPSA) is 69.4 Å². The number of halogens is 1. The maximum absolute atomic E-state index is 11.0. The first-order chi connectivity index (χ1) is 8.10. The third-order valence-electron chi connectivity index (χ3n) is 2.24. The summed E-state index contributed by atoms with van der Waals surface area (Å²) in [5.41, 5.74) is 0.695. The van der Waals surface area contributed by atoms with Crippen molar-refractivity contribution >= 4 is 23.3 Å². The van der Waals surface area contributed by atoms with Gasteiger partial charge in [-0.2, -0.15) is 9.50 Å². The van der Waals surface area contributed by atoms with Gasteiger partial charge in [-0.15, -0.1) is 5.10 Å². The fourth-order valence-electron chi connectivity index (χ4n) is 1.44. The Hall–Kier alpha value is -1.69. The van der Waals surface area contributed by atoms with Gasteiger partial charge in [0, 0.05) is 12.1 Å². The van der Waals surface area contributed by atoms with Crippen molar-refractivity contribution in [3.05, 3.63) is 22.7 Å². The van der Waals surface area contributed by atoms with E-state index in [0.29, 0.717) is 28.9 Å². The zero-order valence-corrected chi connectivity index (χ0v) is 10.2. The van der Waals surface area contributed by atoms with Gasteiger partial charge < -0.3 is 4.74 Å². The normalized spacial score (nSPS) is 10.8. The Morgan fingerprint density at radius 3 is 3.00 bits per heavy atom. The molecule has 0 saturated heterocycles.